The molecule has 94 valence electrons. The van der Waals surface area contributed by atoms with Crippen LogP contribution in [0.4, 0.5) is 0 Å². The van der Waals surface area contributed by atoms with Gasteiger partial charge in [0.1, 0.15) is 6.10 Å². The fraction of sp³-hybridized carbons (Fsp3) is 0.929. The van der Waals surface area contributed by atoms with Crippen molar-refractivity contribution in [2.75, 3.05) is 7.11 Å². The molecule has 3 atom stereocenters. The van der Waals surface area contributed by atoms with Gasteiger partial charge in [0.2, 0.25) is 0 Å². The molecular weight excluding hydrogens is 200 g/mol. The molecule has 0 aromatic carbocycles. The number of rotatable bonds is 5. The van der Waals surface area contributed by atoms with Crippen LogP contribution in [0.15, 0.2) is 0 Å². The van der Waals surface area contributed by atoms with Crippen LogP contribution < -0.4 is 0 Å². The van der Waals surface area contributed by atoms with Crippen LogP contribution in [0.1, 0.15) is 52.9 Å². The van der Waals surface area contributed by atoms with Crippen LogP contribution in [0.3, 0.4) is 0 Å². The molecule has 1 rings (SSSR count). The minimum Gasteiger partial charge on any atom is -0.373 e. The third-order valence-corrected chi connectivity index (χ3v) is 3.94. The van der Waals surface area contributed by atoms with Gasteiger partial charge in [0.25, 0.3) is 0 Å². The van der Waals surface area contributed by atoms with Gasteiger partial charge in [-0.2, -0.15) is 0 Å². The Bertz CT molecular complexity index is 223. The summed E-state index contributed by atoms with van der Waals surface area (Å²) < 4.78 is 5.37. The first kappa shape index (κ1) is 13.7. The first-order valence-corrected chi connectivity index (χ1v) is 6.68. The predicted molar refractivity (Wildman–Crippen MR) is 66.4 cm³/mol. The topological polar surface area (TPSA) is 26.3 Å². The highest BCUT2D eigenvalue weighted by Gasteiger charge is 2.35. The van der Waals surface area contributed by atoms with E-state index in [1.54, 1.807) is 7.11 Å². The fourth-order valence-corrected chi connectivity index (χ4v) is 3.00. The normalized spacial score (nSPS) is 28.1. The van der Waals surface area contributed by atoms with Crippen molar-refractivity contribution in [1.29, 1.82) is 0 Å². The molecule has 0 aromatic heterocycles. The van der Waals surface area contributed by atoms with E-state index in [-0.39, 0.29) is 17.9 Å². The molecule has 3 unspecified atom stereocenters. The van der Waals surface area contributed by atoms with Crippen molar-refractivity contribution in [2.24, 2.45) is 17.8 Å². The van der Waals surface area contributed by atoms with Gasteiger partial charge in [0.15, 0.2) is 5.78 Å². The molecule has 0 radical (unpaired) electrons. The van der Waals surface area contributed by atoms with Crippen molar-refractivity contribution in [3.05, 3.63) is 0 Å². The van der Waals surface area contributed by atoms with Gasteiger partial charge in [-0.3, -0.25) is 4.79 Å². The second-order valence-electron chi connectivity index (χ2n) is 5.36. The Balaban J connectivity index is 2.69. The molecule has 0 spiro atoms. The van der Waals surface area contributed by atoms with Crippen LogP contribution in [0.2, 0.25) is 0 Å². The summed E-state index contributed by atoms with van der Waals surface area (Å²) in [7, 11) is 1.66. The van der Waals surface area contributed by atoms with E-state index in [4.69, 9.17) is 4.74 Å². The monoisotopic (exact) mass is 226 g/mol. The van der Waals surface area contributed by atoms with Crippen LogP contribution in [0.5, 0.6) is 0 Å². The number of carbonyl (C=O) groups excluding carboxylic acids is 1. The summed E-state index contributed by atoms with van der Waals surface area (Å²) in [5, 5.41) is 0. The molecule has 0 aliphatic heterocycles. The fourth-order valence-electron chi connectivity index (χ4n) is 3.00. The number of hydrogen-bond donors (Lipinski definition) is 0. The number of methoxy groups -OCH3 is 1. The Morgan fingerprint density at radius 2 is 1.94 bits per heavy atom. The summed E-state index contributed by atoms with van der Waals surface area (Å²) in [6.45, 7) is 6.33. The van der Waals surface area contributed by atoms with E-state index in [1.165, 1.54) is 19.3 Å². The lowest BCUT2D eigenvalue weighted by atomic mass is 9.73. The zero-order valence-electron chi connectivity index (χ0n) is 11.2. The SMILES string of the molecule is CCC1CCCCC1C(=O)C(OC)C(C)C. The zero-order valence-corrected chi connectivity index (χ0v) is 11.2. The highest BCUT2D eigenvalue weighted by atomic mass is 16.5. The summed E-state index contributed by atoms with van der Waals surface area (Å²) in [5.41, 5.74) is 0. The first-order chi connectivity index (χ1) is 7.61. The molecule has 0 saturated heterocycles. The summed E-state index contributed by atoms with van der Waals surface area (Å²) in [5.74, 6) is 1.49. The van der Waals surface area contributed by atoms with Crippen molar-refractivity contribution in [3.8, 4) is 0 Å². The Kier molecular flexibility index (Phi) is 5.47. The molecule has 0 N–H and O–H groups in total. The first-order valence-electron chi connectivity index (χ1n) is 6.68. The maximum Gasteiger partial charge on any atom is 0.165 e. The Morgan fingerprint density at radius 3 is 2.44 bits per heavy atom. The van der Waals surface area contributed by atoms with Crippen molar-refractivity contribution >= 4 is 5.78 Å². The Morgan fingerprint density at radius 1 is 1.31 bits per heavy atom. The molecule has 1 aliphatic rings. The maximum atomic E-state index is 12.4. The summed E-state index contributed by atoms with van der Waals surface area (Å²) >= 11 is 0. The van der Waals surface area contributed by atoms with Crippen molar-refractivity contribution in [3.63, 3.8) is 0 Å². The molecule has 0 heterocycles. The molecule has 2 heteroatoms. The van der Waals surface area contributed by atoms with Gasteiger partial charge in [-0.1, -0.05) is 40.0 Å². The Labute approximate surface area is 99.8 Å². The summed E-state index contributed by atoms with van der Waals surface area (Å²) in [6, 6.07) is 0. The molecular formula is C14H26O2. The van der Waals surface area contributed by atoms with Crippen molar-refractivity contribution < 1.29 is 9.53 Å². The summed E-state index contributed by atoms with van der Waals surface area (Å²) in [6.07, 6.45) is 5.73. The highest BCUT2D eigenvalue weighted by Crippen LogP contribution is 2.34. The van der Waals surface area contributed by atoms with Crippen molar-refractivity contribution in [1.82, 2.24) is 0 Å². The van der Waals surface area contributed by atoms with Crippen LogP contribution in [-0.4, -0.2) is 19.0 Å². The third kappa shape index (κ3) is 3.07. The van der Waals surface area contributed by atoms with Gasteiger partial charge in [-0.05, 0) is 24.7 Å². The molecule has 2 nitrogen and oxygen atoms in total. The second-order valence-corrected chi connectivity index (χ2v) is 5.36. The average Bonchev–Trinajstić information content (AvgIpc) is 2.29. The maximum absolute atomic E-state index is 12.4. The molecule has 16 heavy (non-hydrogen) atoms. The van der Waals surface area contributed by atoms with E-state index in [9.17, 15) is 4.79 Å². The standard InChI is InChI=1S/C14H26O2/c1-5-11-8-6-7-9-12(11)13(15)14(16-4)10(2)3/h10-12,14H,5-9H2,1-4H3. The average molecular weight is 226 g/mol. The molecule has 0 amide bonds. The van der Waals surface area contributed by atoms with E-state index < -0.39 is 0 Å². The lowest BCUT2D eigenvalue weighted by Crippen LogP contribution is -2.38. The van der Waals surface area contributed by atoms with Gasteiger partial charge in [0, 0.05) is 13.0 Å². The van der Waals surface area contributed by atoms with E-state index >= 15 is 0 Å². The van der Waals surface area contributed by atoms with Crippen LogP contribution in [0.25, 0.3) is 0 Å². The number of carbonyl (C=O) groups is 1. The predicted octanol–water partition coefficient (Wildman–Crippen LogP) is 3.44. The molecule has 1 aliphatic carbocycles. The van der Waals surface area contributed by atoms with Crippen molar-refractivity contribution in [2.45, 2.75) is 59.0 Å². The lowest BCUT2D eigenvalue weighted by Gasteiger charge is -2.32. The minimum atomic E-state index is -0.197. The van der Waals surface area contributed by atoms with E-state index in [2.05, 4.69) is 20.8 Å². The van der Waals surface area contributed by atoms with E-state index in [0.29, 0.717) is 11.7 Å². The smallest absolute Gasteiger partial charge is 0.165 e. The molecule has 1 saturated carbocycles. The molecule has 0 bridgehead atoms. The lowest BCUT2D eigenvalue weighted by molar-refractivity contribution is -0.138. The van der Waals surface area contributed by atoms with Gasteiger partial charge in [0.05, 0.1) is 0 Å². The van der Waals surface area contributed by atoms with Gasteiger partial charge in [-0.25, -0.2) is 0 Å². The number of ether oxygens (including phenoxy) is 1. The van der Waals surface area contributed by atoms with Crippen LogP contribution in [0, 0.1) is 17.8 Å². The van der Waals surface area contributed by atoms with E-state index in [1.807, 2.05) is 0 Å². The number of ketones is 1. The van der Waals surface area contributed by atoms with Gasteiger partial charge >= 0.3 is 0 Å². The second kappa shape index (κ2) is 6.39. The zero-order chi connectivity index (χ0) is 12.1. The van der Waals surface area contributed by atoms with Crippen LogP contribution in [-0.2, 0) is 9.53 Å². The third-order valence-electron chi connectivity index (χ3n) is 3.94. The number of Topliss-reactive ketones (excluding diaryl/α,β-unsaturated/α-hetero) is 1. The Hall–Kier alpha value is -0.370. The highest BCUT2D eigenvalue weighted by molar-refractivity contribution is 5.86. The number of hydrogen-bond acceptors (Lipinski definition) is 2. The quantitative estimate of drug-likeness (QED) is 0.717. The molecule has 1 fully saturated rings. The molecule has 0 aromatic rings. The summed E-state index contributed by atoms with van der Waals surface area (Å²) in [4.78, 5) is 12.4. The van der Waals surface area contributed by atoms with E-state index in [0.717, 1.165) is 12.8 Å². The minimum absolute atomic E-state index is 0.197. The van der Waals surface area contributed by atoms with Gasteiger partial charge in [-0.15, -0.1) is 0 Å². The largest absolute Gasteiger partial charge is 0.373 e. The van der Waals surface area contributed by atoms with Gasteiger partial charge < -0.3 is 4.74 Å². The van der Waals surface area contributed by atoms with Crippen LogP contribution >= 0.6 is 0 Å².